The van der Waals surface area contributed by atoms with Gasteiger partial charge in [0.25, 0.3) is 5.91 Å². The molecule has 0 aromatic carbocycles. The van der Waals surface area contributed by atoms with Gasteiger partial charge in [-0.05, 0) is 12.1 Å². The summed E-state index contributed by atoms with van der Waals surface area (Å²) in [7, 11) is 1.31. The number of carbonyl (C=O) groups is 2. The minimum Gasteiger partial charge on any atom is -0.468 e. The molecule has 0 aliphatic carbocycles. The van der Waals surface area contributed by atoms with E-state index in [0.717, 1.165) is 0 Å². The van der Waals surface area contributed by atoms with Crippen LogP contribution in [0.3, 0.4) is 0 Å². The SMILES string of the molecule is COC(=O)Cn1cc(NC(=O)c2ccc[nH]2)cn1. The zero-order chi connectivity index (χ0) is 13.0. The van der Waals surface area contributed by atoms with Gasteiger partial charge in [0.05, 0.1) is 19.0 Å². The fraction of sp³-hybridized carbons (Fsp3) is 0.182. The molecular weight excluding hydrogens is 236 g/mol. The maximum absolute atomic E-state index is 11.7. The molecule has 0 aliphatic heterocycles. The first-order chi connectivity index (χ1) is 8.69. The highest BCUT2D eigenvalue weighted by atomic mass is 16.5. The van der Waals surface area contributed by atoms with Crippen LogP contribution in [0.2, 0.25) is 0 Å². The maximum atomic E-state index is 11.7. The Balaban J connectivity index is 1.98. The molecule has 0 fully saturated rings. The van der Waals surface area contributed by atoms with Gasteiger partial charge in [0.1, 0.15) is 12.2 Å². The molecule has 0 atom stereocenters. The summed E-state index contributed by atoms with van der Waals surface area (Å²) in [6, 6.07) is 3.39. The molecule has 7 nitrogen and oxygen atoms in total. The van der Waals surface area contributed by atoms with Crippen LogP contribution in [-0.4, -0.2) is 33.8 Å². The van der Waals surface area contributed by atoms with Gasteiger partial charge in [0.2, 0.25) is 0 Å². The number of hydrogen-bond donors (Lipinski definition) is 2. The lowest BCUT2D eigenvalue weighted by atomic mass is 10.4. The van der Waals surface area contributed by atoms with Gasteiger partial charge in [0.15, 0.2) is 0 Å². The zero-order valence-corrected chi connectivity index (χ0v) is 9.71. The number of aromatic amines is 1. The molecule has 0 saturated carbocycles. The molecule has 2 aromatic rings. The minimum atomic E-state index is -0.402. The topological polar surface area (TPSA) is 89.0 Å². The summed E-state index contributed by atoms with van der Waals surface area (Å²) in [6.07, 6.45) is 4.68. The van der Waals surface area contributed by atoms with Gasteiger partial charge >= 0.3 is 5.97 Å². The first-order valence-corrected chi connectivity index (χ1v) is 5.23. The third kappa shape index (κ3) is 2.76. The molecule has 2 aromatic heterocycles. The molecule has 1 amide bonds. The van der Waals surface area contributed by atoms with E-state index >= 15 is 0 Å². The highest BCUT2D eigenvalue weighted by Gasteiger charge is 2.09. The second-order valence-electron chi connectivity index (χ2n) is 3.54. The Hall–Kier alpha value is -2.57. The Kier molecular flexibility index (Phi) is 3.42. The number of rotatable bonds is 4. The van der Waals surface area contributed by atoms with Gasteiger partial charge in [-0.1, -0.05) is 0 Å². The zero-order valence-electron chi connectivity index (χ0n) is 9.71. The lowest BCUT2D eigenvalue weighted by Gasteiger charge is -2.00. The largest absolute Gasteiger partial charge is 0.468 e. The average Bonchev–Trinajstić information content (AvgIpc) is 3.00. The van der Waals surface area contributed by atoms with E-state index in [9.17, 15) is 9.59 Å². The van der Waals surface area contributed by atoms with Crippen molar-refractivity contribution in [3.05, 3.63) is 36.4 Å². The lowest BCUT2D eigenvalue weighted by molar-refractivity contribution is -0.141. The van der Waals surface area contributed by atoms with E-state index < -0.39 is 5.97 Å². The van der Waals surface area contributed by atoms with Crippen molar-refractivity contribution in [3.8, 4) is 0 Å². The van der Waals surface area contributed by atoms with E-state index in [0.29, 0.717) is 11.4 Å². The number of esters is 1. The summed E-state index contributed by atoms with van der Waals surface area (Å²) in [5, 5.41) is 6.58. The summed E-state index contributed by atoms with van der Waals surface area (Å²) >= 11 is 0. The normalized spacial score (nSPS) is 10.1. The summed E-state index contributed by atoms with van der Waals surface area (Å²) in [5.41, 5.74) is 0.967. The van der Waals surface area contributed by atoms with Crippen molar-refractivity contribution in [2.24, 2.45) is 0 Å². The van der Waals surface area contributed by atoms with Crippen molar-refractivity contribution in [2.75, 3.05) is 12.4 Å². The molecule has 0 spiro atoms. The number of anilines is 1. The first-order valence-electron chi connectivity index (χ1n) is 5.23. The molecule has 2 N–H and O–H groups in total. The molecule has 0 radical (unpaired) electrons. The third-order valence-corrected chi connectivity index (χ3v) is 2.25. The van der Waals surface area contributed by atoms with Crippen LogP contribution in [0.1, 0.15) is 10.5 Å². The second-order valence-corrected chi connectivity index (χ2v) is 3.54. The number of amides is 1. The predicted molar refractivity (Wildman–Crippen MR) is 63.0 cm³/mol. The van der Waals surface area contributed by atoms with Crippen LogP contribution < -0.4 is 5.32 Å². The number of nitrogens with zero attached hydrogens (tertiary/aromatic N) is 2. The number of aromatic nitrogens is 3. The van der Waals surface area contributed by atoms with Crippen molar-refractivity contribution in [1.82, 2.24) is 14.8 Å². The third-order valence-electron chi connectivity index (χ3n) is 2.25. The van der Waals surface area contributed by atoms with Crippen LogP contribution >= 0.6 is 0 Å². The molecule has 0 bridgehead atoms. The van der Waals surface area contributed by atoms with Gasteiger partial charge < -0.3 is 15.0 Å². The van der Waals surface area contributed by atoms with Crippen molar-refractivity contribution < 1.29 is 14.3 Å². The van der Waals surface area contributed by atoms with Gasteiger partial charge in [-0.2, -0.15) is 5.10 Å². The van der Waals surface area contributed by atoms with Crippen molar-refractivity contribution in [2.45, 2.75) is 6.54 Å². The molecule has 18 heavy (non-hydrogen) atoms. The van der Waals surface area contributed by atoms with E-state index in [2.05, 4.69) is 20.1 Å². The minimum absolute atomic E-state index is 0.00880. The second kappa shape index (κ2) is 5.17. The van der Waals surface area contributed by atoms with Crippen LogP contribution in [0.4, 0.5) is 5.69 Å². The van der Waals surface area contributed by atoms with Crippen LogP contribution in [-0.2, 0) is 16.1 Å². The average molecular weight is 248 g/mol. The number of ether oxygens (including phenoxy) is 1. The molecule has 0 aliphatic rings. The number of carbonyl (C=O) groups excluding carboxylic acids is 2. The van der Waals surface area contributed by atoms with Crippen LogP contribution in [0.15, 0.2) is 30.7 Å². The van der Waals surface area contributed by atoms with E-state index in [1.165, 1.54) is 18.0 Å². The van der Waals surface area contributed by atoms with E-state index in [1.54, 1.807) is 24.5 Å². The van der Waals surface area contributed by atoms with Crippen molar-refractivity contribution in [3.63, 3.8) is 0 Å². The lowest BCUT2D eigenvalue weighted by Crippen LogP contribution is -2.13. The Morgan fingerprint density at radius 1 is 1.56 bits per heavy atom. The van der Waals surface area contributed by atoms with Crippen LogP contribution in [0.5, 0.6) is 0 Å². The molecular formula is C11H12N4O3. The standard InChI is InChI=1S/C11H12N4O3/c1-18-10(16)7-15-6-8(5-13-15)14-11(17)9-3-2-4-12-9/h2-6,12H,7H2,1H3,(H,14,17). The molecule has 2 heterocycles. The van der Waals surface area contributed by atoms with Gasteiger partial charge in [-0.3, -0.25) is 14.3 Å². The summed E-state index contributed by atoms with van der Waals surface area (Å²) < 4.78 is 5.90. The highest BCUT2D eigenvalue weighted by Crippen LogP contribution is 2.07. The molecule has 7 heteroatoms. The summed E-state index contributed by atoms with van der Waals surface area (Å²) in [5.74, 6) is -0.669. The fourth-order valence-electron chi connectivity index (χ4n) is 1.38. The maximum Gasteiger partial charge on any atom is 0.327 e. The molecule has 2 rings (SSSR count). The predicted octanol–water partition coefficient (Wildman–Crippen LogP) is 0.637. The fourth-order valence-corrected chi connectivity index (χ4v) is 1.38. The van der Waals surface area contributed by atoms with Crippen molar-refractivity contribution in [1.29, 1.82) is 0 Å². The number of nitrogens with one attached hydrogen (secondary N) is 2. The van der Waals surface area contributed by atoms with Crippen LogP contribution in [0, 0.1) is 0 Å². The Bertz CT molecular complexity index is 544. The summed E-state index contributed by atoms with van der Waals surface area (Å²) in [6.45, 7) is 0.00880. The highest BCUT2D eigenvalue weighted by molar-refractivity contribution is 6.02. The number of hydrogen-bond acceptors (Lipinski definition) is 4. The summed E-state index contributed by atoms with van der Waals surface area (Å²) in [4.78, 5) is 25.5. The van der Waals surface area contributed by atoms with Gasteiger partial charge in [0, 0.05) is 12.4 Å². The van der Waals surface area contributed by atoms with E-state index in [1.807, 2.05) is 0 Å². The van der Waals surface area contributed by atoms with Crippen molar-refractivity contribution >= 4 is 17.6 Å². The quantitative estimate of drug-likeness (QED) is 0.777. The molecule has 94 valence electrons. The molecule has 0 unspecified atom stereocenters. The monoisotopic (exact) mass is 248 g/mol. The Labute approximate surface area is 103 Å². The number of methoxy groups -OCH3 is 1. The Morgan fingerprint density at radius 2 is 2.39 bits per heavy atom. The Morgan fingerprint density at radius 3 is 3.06 bits per heavy atom. The number of H-pyrrole nitrogens is 1. The first kappa shape index (κ1) is 11.9. The van der Waals surface area contributed by atoms with Crippen LogP contribution in [0.25, 0.3) is 0 Å². The molecule has 0 saturated heterocycles. The van der Waals surface area contributed by atoms with Gasteiger partial charge in [-0.25, -0.2) is 0 Å². The van der Waals surface area contributed by atoms with Gasteiger partial charge in [-0.15, -0.1) is 0 Å². The van der Waals surface area contributed by atoms with E-state index in [4.69, 9.17) is 0 Å². The smallest absolute Gasteiger partial charge is 0.327 e. The van der Waals surface area contributed by atoms with E-state index in [-0.39, 0.29) is 12.5 Å².